The minimum absolute atomic E-state index is 0.0692. The molecule has 0 aliphatic rings. The van der Waals surface area contributed by atoms with Crippen molar-refractivity contribution in [1.29, 1.82) is 0 Å². The van der Waals surface area contributed by atoms with E-state index in [0.29, 0.717) is 58.0 Å². The van der Waals surface area contributed by atoms with E-state index in [9.17, 15) is 24.0 Å². The number of unbranched alkanes of at least 4 members (excludes halogenated alkanes) is 2. The van der Waals surface area contributed by atoms with E-state index in [-0.39, 0.29) is 18.8 Å². The maximum Gasteiger partial charge on any atom is 0.243 e. The van der Waals surface area contributed by atoms with Gasteiger partial charge in [0.05, 0.1) is 6.04 Å². The maximum atomic E-state index is 13.1. The summed E-state index contributed by atoms with van der Waals surface area (Å²) in [7, 11) is 0. The van der Waals surface area contributed by atoms with Crippen molar-refractivity contribution >= 4 is 29.5 Å². The number of nitrogens with two attached hydrogens (primary N) is 5. The molecule has 208 valence electrons. The number of carbonyl (C=O) groups excluding carboxylic acids is 5. The van der Waals surface area contributed by atoms with Crippen LogP contribution < -0.4 is 44.6 Å². The highest BCUT2D eigenvalue weighted by Gasteiger charge is 2.32. The Hall–Kier alpha value is -2.77. The predicted molar refractivity (Wildman–Crippen MR) is 137 cm³/mol. The van der Waals surface area contributed by atoms with Gasteiger partial charge in [-0.25, -0.2) is 0 Å². The SMILES string of the molecule is CC[C@H](C)[C@H](NC(=O)[C@H](CCC(N)=O)NC(=O)[C@@H](N)CCCCN)C(=O)N[C@@H](CCCCN)C(N)=O. The Bertz CT molecular complexity index is 721. The van der Waals surface area contributed by atoms with Crippen molar-refractivity contribution in [2.45, 2.75) is 95.8 Å². The number of primary amides is 2. The Kier molecular flexibility index (Phi) is 17.1. The van der Waals surface area contributed by atoms with E-state index >= 15 is 0 Å². The van der Waals surface area contributed by atoms with Gasteiger partial charge < -0.3 is 44.6 Å². The molecule has 0 radical (unpaired) electrons. The Labute approximate surface area is 213 Å². The van der Waals surface area contributed by atoms with Crippen LogP contribution in [0.2, 0.25) is 0 Å². The first-order chi connectivity index (χ1) is 17.0. The number of rotatable bonds is 20. The third kappa shape index (κ3) is 13.4. The number of nitrogens with one attached hydrogen (secondary N) is 3. The van der Waals surface area contributed by atoms with Crippen LogP contribution in [0.15, 0.2) is 0 Å². The molecule has 0 spiro atoms. The van der Waals surface area contributed by atoms with Gasteiger partial charge in [0.2, 0.25) is 29.5 Å². The highest BCUT2D eigenvalue weighted by molar-refractivity contribution is 5.94. The molecule has 0 saturated heterocycles. The van der Waals surface area contributed by atoms with Crippen LogP contribution in [0.5, 0.6) is 0 Å². The van der Waals surface area contributed by atoms with Gasteiger partial charge in [-0.05, 0) is 57.5 Å². The normalized spacial score (nSPS) is 15.1. The Morgan fingerprint density at radius 2 is 1.28 bits per heavy atom. The zero-order chi connectivity index (χ0) is 27.7. The molecule has 0 unspecified atom stereocenters. The third-order valence-electron chi connectivity index (χ3n) is 6.02. The lowest BCUT2D eigenvalue weighted by molar-refractivity contribution is -0.134. The van der Waals surface area contributed by atoms with Crippen LogP contribution in [0, 0.1) is 5.92 Å². The summed E-state index contributed by atoms with van der Waals surface area (Å²) in [5, 5.41) is 7.83. The van der Waals surface area contributed by atoms with Gasteiger partial charge >= 0.3 is 0 Å². The lowest BCUT2D eigenvalue weighted by Gasteiger charge is -2.28. The van der Waals surface area contributed by atoms with E-state index in [4.69, 9.17) is 28.7 Å². The molecule has 5 atom stereocenters. The van der Waals surface area contributed by atoms with Crippen LogP contribution in [0.1, 0.15) is 71.6 Å². The van der Waals surface area contributed by atoms with Gasteiger partial charge in [0, 0.05) is 6.42 Å². The summed E-state index contributed by atoms with van der Waals surface area (Å²) < 4.78 is 0. The highest BCUT2D eigenvalue weighted by atomic mass is 16.2. The number of amides is 5. The zero-order valence-electron chi connectivity index (χ0n) is 21.6. The van der Waals surface area contributed by atoms with Crippen molar-refractivity contribution in [3.8, 4) is 0 Å². The second kappa shape index (κ2) is 18.5. The predicted octanol–water partition coefficient (Wildman–Crippen LogP) is -2.18. The molecule has 13 N–H and O–H groups in total. The fourth-order valence-corrected chi connectivity index (χ4v) is 3.47. The molecule has 36 heavy (non-hydrogen) atoms. The Morgan fingerprint density at radius 3 is 1.78 bits per heavy atom. The summed E-state index contributed by atoms with van der Waals surface area (Å²) in [6, 6.07) is -3.92. The van der Waals surface area contributed by atoms with Crippen molar-refractivity contribution in [1.82, 2.24) is 16.0 Å². The van der Waals surface area contributed by atoms with Gasteiger partial charge in [-0.3, -0.25) is 24.0 Å². The summed E-state index contributed by atoms with van der Waals surface area (Å²) in [4.78, 5) is 61.9. The quantitative estimate of drug-likeness (QED) is 0.0827. The molecule has 0 aromatic carbocycles. The smallest absolute Gasteiger partial charge is 0.243 e. The van der Waals surface area contributed by atoms with E-state index in [0.717, 1.165) is 0 Å². The summed E-state index contributed by atoms with van der Waals surface area (Å²) in [5.41, 5.74) is 27.5. The van der Waals surface area contributed by atoms with Crippen LogP contribution in [-0.2, 0) is 24.0 Å². The first-order valence-corrected chi connectivity index (χ1v) is 12.6. The molecule has 13 nitrogen and oxygen atoms in total. The molecular formula is C23H46N8O5. The van der Waals surface area contributed by atoms with E-state index in [1.54, 1.807) is 6.92 Å². The summed E-state index contributed by atoms with van der Waals surface area (Å²) in [6.45, 7) is 4.53. The van der Waals surface area contributed by atoms with Gasteiger partial charge in [0.1, 0.15) is 18.1 Å². The second-order valence-corrected chi connectivity index (χ2v) is 9.08. The van der Waals surface area contributed by atoms with E-state index in [2.05, 4.69) is 16.0 Å². The fraction of sp³-hybridized carbons (Fsp3) is 0.783. The molecule has 0 fully saturated rings. The van der Waals surface area contributed by atoms with Crippen molar-refractivity contribution in [2.24, 2.45) is 34.6 Å². The van der Waals surface area contributed by atoms with E-state index in [1.165, 1.54) is 0 Å². The van der Waals surface area contributed by atoms with Crippen molar-refractivity contribution in [3.05, 3.63) is 0 Å². The molecule has 13 heteroatoms. The van der Waals surface area contributed by atoms with Gasteiger partial charge in [0.15, 0.2) is 0 Å². The van der Waals surface area contributed by atoms with Crippen LogP contribution in [0.4, 0.5) is 0 Å². The van der Waals surface area contributed by atoms with Crippen LogP contribution in [-0.4, -0.2) is 66.8 Å². The van der Waals surface area contributed by atoms with E-state index in [1.807, 2.05) is 6.92 Å². The molecule has 0 heterocycles. The number of hydrogen-bond acceptors (Lipinski definition) is 8. The number of carbonyl (C=O) groups is 5. The van der Waals surface area contributed by atoms with Crippen LogP contribution in [0.25, 0.3) is 0 Å². The lowest BCUT2D eigenvalue weighted by Crippen LogP contribution is -2.59. The lowest BCUT2D eigenvalue weighted by atomic mass is 9.96. The molecule has 0 rings (SSSR count). The molecule has 5 amide bonds. The van der Waals surface area contributed by atoms with Gasteiger partial charge in [0.25, 0.3) is 0 Å². The molecular weight excluding hydrogens is 468 g/mol. The van der Waals surface area contributed by atoms with Crippen molar-refractivity contribution in [3.63, 3.8) is 0 Å². The van der Waals surface area contributed by atoms with E-state index < -0.39 is 53.7 Å². The van der Waals surface area contributed by atoms with Crippen LogP contribution >= 0.6 is 0 Å². The maximum absolute atomic E-state index is 13.1. The Morgan fingerprint density at radius 1 is 0.722 bits per heavy atom. The van der Waals surface area contributed by atoms with Gasteiger partial charge in [-0.15, -0.1) is 0 Å². The molecule has 0 aliphatic heterocycles. The summed E-state index contributed by atoms with van der Waals surface area (Å²) in [6.07, 6.45) is 3.62. The Balaban J connectivity index is 5.50. The minimum Gasteiger partial charge on any atom is -0.370 e. The monoisotopic (exact) mass is 514 g/mol. The summed E-state index contributed by atoms with van der Waals surface area (Å²) in [5.74, 6) is -3.45. The average Bonchev–Trinajstić information content (AvgIpc) is 2.83. The first kappa shape index (κ1) is 33.2. The molecule has 0 aliphatic carbocycles. The number of hydrogen-bond donors (Lipinski definition) is 8. The van der Waals surface area contributed by atoms with Gasteiger partial charge in [-0.1, -0.05) is 26.7 Å². The standard InChI is InChI=1S/C23H46N8O5/c1-3-14(2)19(23(36)29-16(20(28)33)9-5-7-13-25)31-22(35)17(10-11-18(27)32)30-21(34)15(26)8-4-6-12-24/h14-17,19H,3-13,24-26H2,1-2H3,(H2,27,32)(H2,28,33)(H,29,36)(H,30,34)(H,31,35)/t14-,15-,16-,17-,19-/m0/s1. The zero-order valence-corrected chi connectivity index (χ0v) is 21.6. The first-order valence-electron chi connectivity index (χ1n) is 12.6. The van der Waals surface area contributed by atoms with Crippen LogP contribution in [0.3, 0.4) is 0 Å². The molecule has 0 saturated carbocycles. The highest BCUT2D eigenvalue weighted by Crippen LogP contribution is 2.11. The van der Waals surface area contributed by atoms with Crippen molar-refractivity contribution < 1.29 is 24.0 Å². The topological polar surface area (TPSA) is 252 Å². The second-order valence-electron chi connectivity index (χ2n) is 9.08. The minimum atomic E-state index is -1.14. The fourth-order valence-electron chi connectivity index (χ4n) is 3.47. The van der Waals surface area contributed by atoms with Gasteiger partial charge in [-0.2, -0.15) is 0 Å². The molecule has 0 bridgehead atoms. The summed E-state index contributed by atoms with van der Waals surface area (Å²) >= 11 is 0. The largest absolute Gasteiger partial charge is 0.370 e. The van der Waals surface area contributed by atoms with Crippen molar-refractivity contribution in [2.75, 3.05) is 13.1 Å². The molecule has 0 aromatic heterocycles. The average molecular weight is 515 g/mol. The third-order valence-corrected chi connectivity index (χ3v) is 6.02. The molecule has 0 aromatic rings.